The van der Waals surface area contributed by atoms with Gasteiger partial charge in [0, 0.05) is 0 Å². The lowest BCUT2D eigenvalue weighted by atomic mass is 10.1. The van der Waals surface area contributed by atoms with Crippen LogP contribution in [0.5, 0.6) is 5.75 Å². The lowest BCUT2D eigenvalue weighted by molar-refractivity contribution is 0.0697. The van der Waals surface area contributed by atoms with Crippen molar-refractivity contribution in [3.05, 3.63) is 23.3 Å². The van der Waals surface area contributed by atoms with Gasteiger partial charge in [-0.25, -0.2) is 4.79 Å². The first-order valence-electron chi connectivity index (χ1n) is 3.91. The van der Waals surface area contributed by atoms with Crippen LogP contribution in [-0.4, -0.2) is 16.2 Å². The Hall–Kier alpha value is -1.71. The molecule has 0 radical (unpaired) electrons. The topological polar surface area (TPSA) is 83.5 Å². The lowest BCUT2D eigenvalue weighted by Gasteiger charge is -2.06. The molecule has 0 aliphatic heterocycles. The smallest absolute Gasteiger partial charge is 0.335 e. The summed E-state index contributed by atoms with van der Waals surface area (Å²) in [4.78, 5) is 10.6. The predicted molar refractivity (Wildman–Crippen MR) is 48.9 cm³/mol. The summed E-state index contributed by atoms with van der Waals surface area (Å²) < 4.78 is 0. The molecule has 0 aromatic heterocycles. The van der Waals surface area contributed by atoms with Gasteiger partial charge in [-0.2, -0.15) is 0 Å². The van der Waals surface area contributed by atoms with Crippen LogP contribution in [0.1, 0.15) is 22.8 Å². The summed E-state index contributed by atoms with van der Waals surface area (Å²) in [5, 5.41) is 18.1. The quantitative estimate of drug-likeness (QED) is 0.473. The number of rotatable bonds is 2. The summed E-state index contributed by atoms with van der Waals surface area (Å²) in [5.74, 6) is -1.06. The number of carboxylic acid groups (broad SMARTS) is 1. The van der Waals surface area contributed by atoms with E-state index >= 15 is 0 Å². The van der Waals surface area contributed by atoms with Gasteiger partial charge in [-0.3, -0.25) is 0 Å². The van der Waals surface area contributed by atoms with Gasteiger partial charge in [0.2, 0.25) is 0 Å². The van der Waals surface area contributed by atoms with Gasteiger partial charge in [0.05, 0.1) is 11.3 Å². The SMILES string of the molecule is CCc1cc(C(=O)O)cc(N)c1O. The van der Waals surface area contributed by atoms with E-state index in [2.05, 4.69) is 0 Å². The number of aromatic hydroxyl groups is 1. The lowest BCUT2D eigenvalue weighted by Crippen LogP contribution is -2.00. The third-order valence-electron chi connectivity index (χ3n) is 1.85. The van der Waals surface area contributed by atoms with Crippen molar-refractivity contribution in [2.24, 2.45) is 0 Å². The summed E-state index contributed by atoms with van der Waals surface area (Å²) in [5.41, 5.74) is 6.19. The Labute approximate surface area is 75.6 Å². The zero-order chi connectivity index (χ0) is 10.0. The van der Waals surface area contributed by atoms with Gasteiger partial charge in [0.1, 0.15) is 5.75 Å². The van der Waals surface area contributed by atoms with E-state index < -0.39 is 5.97 Å². The largest absolute Gasteiger partial charge is 0.506 e. The van der Waals surface area contributed by atoms with E-state index in [0.29, 0.717) is 12.0 Å². The van der Waals surface area contributed by atoms with Crippen molar-refractivity contribution in [2.45, 2.75) is 13.3 Å². The number of phenols is 1. The van der Waals surface area contributed by atoms with Crippen LogP contribution in [0.2, 0.25) is 0 Å². The first-order valence-corrected chi connectivity index (χ1v) is 3.91. The summed E-state index contributed by atoms with van der Waals surface area (Å²) in [6.07, 6.45) is 0.553. The molecule has 4 nitrogen and oxygen atoms in total. The number of aromatic carboxylic acids is 1. The van der Waals surface area contributed by atoms with Crippen molar-refractivity contribution in [1.82, 2.24) is 0 Å². The molecule has 0 atom stereocenters. The minimum atomic E-state index is -1.04. The number of aryl methyl sites for hydroxylation is 1. The van der Waals surface area contributed by atoms with E-state index in [0.717, 1.165) is 0 Å². The zero-order valence-electron chi connectivity index (χ0n) is 7.24. The number of hydrogen-bond donors (Lipinski definition) is 3. The molecule has 70 valence electrons. The van der Waals surface area contributed by atoms with E-state index in [1.165, 1.54) is 12.1 Å². The van der Waals surface area contributed by atoms with Crippen molar-refractivity contribution in [3.8, 4) is 5.75 Å². The molecule has 0 fully saturated rings. The second-order valence-corrected chi connectivity index (χ2v) is 2.73. The minimum Gasteiger partial charge on any atom is -0.506 e. The molecule has 4 N–H and O–H groups in total. The van der Waals surface area contributed by atoms with Crippen LogP contribution < -0.4 is 5.73 Å². The molecular weight excluding hydrogens is 170 g/mol. The average Bonchev–Trinajstić information content (AvgIpc) is 2.09. The fourth-order valence-electron chi connectivity index (χ4n) is 1.11. The number of benzene rings is 1. The van der Waals surface area contributed by atoms with Crippen LogP contribution in [0.4, 0.5) is 5.69 Å². The monoisotopic (exact) mass is 181 g/mol. The Bertz CT molecular complexity index is 347. The molecule has 13 heavy (non-hydrogen) atoms. The maximum absolute atomic E-state index is 10.6. The Kier molecular flexibility index (Phi) is 2.41. The molecule has 0 bridgehead atoms. The van der Waals surface area contributed by atoms with Crippen molar-refractivity contribution in [3.63, 3.8) is 0 Å². The summed E-state index contributed by atoms with van der Waals surface area (Å²) in [6.45, 7) is 1.82. The molecule has 1 rings (SSSR count). The number of carboxylic acids is 1. The third kappa shape index (κ3) is 1.72. The first-order chi connectivity index (χ1) is 6.06. The van der Waals surface area contributed by atoms with E-state index in [9.17, 15) is 9.90 Å². The molecule has 0 heterocycles. The Balaban J connectivity index is 3.30. The van der Waals surface area contributed by atoms with Crippen LogP contribution in [-0.2, 0) is 6.42 Å². The number of anilines is 1. The zero-order valence-corrected chi connectivity index (χ0v) is 7.24. The predicted octanol–water partition coefficient (Wildman–Crippen LogP) is 1.23. The van der Waals surface area contributed by atoms with E-state index in [1.54, 1.807) is 0 Å². The van der Waals surface area contributed by atoms with Crippen LogP contribution in [0.15, 0.2) is 12.1 Å². The molecule has 1 aromatic rings. The van der Waals surface area contributed by atoms with Crippen molar-refractivity contribution in [2.75, 3.05) is 5.73 Å². The van der Waals surface area contributed by atoms with E-state index in [-0.39, 0.29) is 17.0 Å². The minimum absolute atomic E-state index is 0.0208. The van der Waals surface area contributed by atoms with E-state index in [1.807, 2.05) is 6.92 Å². The van der Waals surface area contributed by atoms with Gasteiger partial charge in [0.25, 0.3) is 0 Å². The molecule has 0 aliphatic rings. The molecule has 0 amide bonds. The number of nitrogens with two attached hydrogens (primary N) is 1. The molecule has 0 aliphatic carbocycles. The van der Waals surface area contributed by atoms with Crippen LogP contribution >= 0.6 is 0 Å². The summed E-state index contributed by atoms with van der Waals surface area (Å²) in [6, 6.07) is 2.67. The molecule has 0 unspecified atom stereocenters. The van der Waals surface area contributed by atoms with Crippen molar-refractivity contribution in [1.29, 1.82) is 0 Å². The molecule has 1 aromatic carbocycles. The van der Waals surface area contributed by atoms with E-state index in [4.69, 9.17) is 10.8 Å². The van der Waals surface area contributed by atoms with Gasteiger partial charge < -0.3 is 15.9 Å². The highest BCUT2D eigenvalue weighted by atomic mass is 16.4. The Morgan fingerprint density at radius 1 is 1.54 bits per heavy atom. The maximum Gasteiger partial charge on any atom is 0.335 e. The number of hydrogen-bond acceptors (Lipinski definition) is 3. The second-order valence-electron chi connectivity index (χ2n) is 2.73. The highest BCUT2D eigenvalue weighted by Crippen LogP contribution is 2.27. The van der Waals surface area contributed by atoms with Gasteiger partial charge >= 0.3 is 5.97 Å². The molecule has 0 saturated heterocycles. The summed E-state index contributed by atoms with van der Waals surface area (Å²) >= 11 is 0. The number of nitrogen functional groups attached to an aromatic ring is 1. The number of phenolic OH excluding ortho intramolecular Hbond substituents is 1. The molecular formula is C9H11NO3. The highest BCUT2D eigenvalue weighted by molar-refractivity contribution is 5.89. The fourth-order valence-corrected chi connectivity index (χ4v) is 1.11. The van der Waals surface area contributed by atoms with Gasteiger partial charge in [0.15, 0.2) is 0 Å². The molecule has 0 saturated carbocycles. The van der Waals surface area contributed by atoms with Gasteiger partial charge in [-0.1, -0.05) is 6.92 Å². The Morgan fingerprint density at radius 3 is 2.62 bits per heavy atom. The number of carbonyl (C=O) groups is 1. The van der Waals surface area contributed by atoms with Crippen LogP contribution in [0.25, 0.3) is 0 Å². The average molecular weight is 181 g/mol. The van der Waals surface area contributed by atoms with Crippen molar-refractivity contribution >= 4 is 11.7 Å². The normalized spacial score (nSPS) is 9.92. The highest BCUT2D eigenvalue weighted by Gasteiger charge is 2.10. The van der Waals surface area contributed by atoms with Crippen LogP contribution in [0.3, 0.4) is 0 Å². The van der Waals surface area contributed by atoms with Crippen molar-refractivity contribution < 1.29 is 15.0 Å². The van der Waals surface area contributed by atoms with Gasteiger partial charge in [-0.15, -0.1) is 0 Å². The third-order valence-corrected chi connectivity index (χ3v) is 1.85. The first kappa shape index (κ1) is 9.38. The summed E-state index contributed by atoms with van der Waals surface area (Å²) in [7, 11) is 0. The van der Waals surface area contributed by atoms with Crippen LogP contribution in [0, 0.1) is 0 Å². The maximum atomic E-state index is 10.6. The van der Waals surface area contributed by atoms with Gasteiger partial charge in [-0.05, 0) is 24.1 Å². The fraction of sp³-hybridized carbons (Fsp3) is 0.222. The Morgan fingerprint density at radius 2 is 2.15 bits per heavy atom. The molecule has 4 heteroatoms. The molecule has 0 spiro atoms. The second kappa shape index (κ2) is 3.35. The standard InChI is InChI=1S/C9H11NO3/c1-2-5-3-6(9(12)13)4-7(10)8(5)11/h3-4,11H,2,10H2,1H3,(H,12,13).